The van der Waals surface area contributed by atoms with Crippen LogP contribution in [-0.2, 0) is 10.3 Å². The van der Waals surface area contributed by atoms with Crippen LogP contribution in [0.5, 0.6) is 0 Å². The molecule has 3 N–H and O–H groups in total. The quantitative estimate of drug-likeness (QED) is 0.513. The number of ether oxygens (including phenoxy) is 1. The van der Waals surface area contributed by atoms with Gasteiger partial charge in [-0.05, 0) is 39.0 Å². The number of carbonyl (C=O) groups is 1. The van der Waals surface area contributed by atoms with E-state index >= 15 is 0 Å². The Morgan fingerprint density at radius 1 is 1.38 bits per heavy atom. The highest BCUT2D eigenvalue weighted by atomic mass is 32.2. The highest BCUT2D eigenvalue weighted by Gasteiger charge is 2.62. The number of amidine groups is 1. The second-order valence-corrected chi connectivity index (χ2v) is 9.02. The van der Waals surface area contributed by atoms with Crippen molar-refractivity contribution >= 4 is 28.7 Å². The second kappa shape index (κ2) is 7.05. The summed E-state index contributed by atoms with van der Waals surface area (Å²) in [5, 5.41) is 9.66. The number of alkyl halides is 3. The van der Waals surface area contributed by atoms with Crippen LogP contribution in [0.1, 0.15) is 26.3 Å². The number of anilines is 1. The molecule has 1 fully saturated rings. The fourth-order valence-corrected chi connectivity index (χ4v) is 5.19. The predicted molar refractivity (Wildman–Crippen MR) is 101 cm³/mol. The van der Waals surface area contributed by atoms with Crippen molar-refractivity contribution in [1.82, 2.24) is 4.90 Å². The molecule has 0 radical (unpaired) electrons. The van der Waals surface area contributed by atoms with E-state index in [-0.39, 0.29) is 22.2 Å². The van der Waals surface area contributed by atoms with Crippen molar-refractivity contribution in [3.8, 4) is 0 Å². The Kier molecular flexibility index (Phi) is 5.27. The first-order chi connectivity index (χ1) is 13.3. The smallest absolute Gasteiger partial charge is 0.415 e. The van der Waals surface area contributed by atoms with E-state index < -0.39 is 47.8 Å². The Labute approximate surface area is 169 Å². The maximum atomic E-state index is 14.7. The number of fused-ring (bicyclic) bond motifs is 1. The average Bonchev–Trinajstić information content (AvgIpc) is 2.95. The molecule has 3 atom stereocenters. The number of hydrogen-bond acceptors (Lipinski definition) is 5. The lowest BCUT2D eigenvalue weighted by molar-refractivity contribution is -0.215. The summed E-state index contributed by atoms with van der Waals surface area (Å²) in [5.74, 6) is -2.15. The van der Waals surface area contributed by atoms with E-state index in [2.05, 4.69) is 4.99 Å². The summed E-state index contributed by atoms with van der Waals surface area (Å²) < 4.78 is 60.5. The van der Waals surface area contributed by atoms with Gasteiger partial charge in [0.05, 0.1) is 6.61 Å². The second-order valence-electron chi connectivity index (χ2n) is 8.04. The van der Waals surface area contributed by atoms with E-state index in [4.69, 9.17) is 10.5 Å². The lowest BCUT2D eigenvalue weighted by atomic mass is 9.78. The molecule has 0 spiro atoms. The fraction of sp³-hybridized carbons (Fsp3) is 0.556. The Bertz CT molecular complexity index is 856. The van der Waals surface area contributed by atoms with E-state index in [1.807, 2.05) is 0 Å². The summed E-state index contributed by atoms with van der Waals surface area (Å²) in [6.45, 7) is 4.36. The zero-order valence-corrected chi connectivity index (χ0v) is 16.8. The van der Waals surface area contributed by atoms with Crippen molar-refractivity contribution in [3.05, 3.63) is 29.6 Å². The number of thioether (sulfide) groups is 1. The van der Waals surface area contributed by atoms with E-state index in [1.54, 1.807) is 20.8 Å². The average molecular weight is 435 g/mol. The molecule has 11 heteroatoms. The third-order valence-corrected chi connectivity index (χ3v) is 6.04. The van der Waals surface area contributed by atoms with Crippen LogP contribution >= 0.6 is 11.8 Å². The molecule has 0 aliphatic carbocycles. The molecule has 0 unspecified atom stereocenters. The summed E-state index contributed by atoms with van der Waals surface area (Å²) in [4.78, 5) is 17.2. The molecule has 29 heavy (non-hydrogen) atoms. The van der Waals surface area contributed by atoms with Crippen molar-refractivity contribution in [3.63, 3.8) is 0 Å². The third kappa shape index (κ3) is 3.77. The number of aliphatic imine (C=N–C) groups is 1. The molecule has 160 valence electrons. The standard InChI is InChI=1S/C18H21F4N3O3S/c1-16(2,3)25(15(26)27)14-24-17(10-6-9(23)4-5-12(10)19)8-28-13(18(20,21)22)11(17)7-29-14/h4-6,11,13H,7-8,23H2,1-3H3,(H,26,27)/t11-,13+,17-/m1/s1. The van der Waals surface area contributed by atoms with Crippen LogP contribution in [0.2, 0.25) is 0 Å². The lowest BCUT2D eigenvalue weighted by Gasteiger charge is -2.41. The first-order valence-electron chi connectivity index (χ1n) is 8.77. The number of hydrogen-bond donors (Lipinski definition) is 2. The summed E-state index contributed by atoms with van der Waals surface area (Å²) >= 11 is 0.887. The molecule has 6 nitrogen and oxygen atoms in total. The Morgan fingerprint density at radius 3 is 2.59 bits per heavy atom. The number of amides is 1. The lowest BCUT2D eigenvalue weighted by Crippen LogP contribution is -2.52. The SMILES string of the molecule is CC(C)(C)N(C(=O)O)C1=N[C@@]2(c3cc(N)ccc3F)CO[C@H](C(F)(F)F)[C@H]2CS1. The maximum Gasteiger partial charge on any atom is 0.415 e. The monoisotopic (exact) mass is 435 g/mol. The van der Waals surface area contributed by atoms with Gasteiger partial charge in [-0.3, -0.25) is 4.90 Å². The molecular weight excluding hydrogens is 414 g/mol. The molecule has 2 aliphatic rings. The van der Waals surface area contributed by atoms with Gasteiger partial charge in [0, 0.05) is 28.5 Å². The Hall–Kier alpha value is -2.01. The van der Waals surface area contributed by atoms with Gasteiger partial charge >= 0.3 is 12.3 Å². The van der Waals surface area contributed by atoms with E-state index in [9.17, 15) is 27.5 Å². The normalized spacial score (nSPS) is 27.3. The van der Waals surface area contributed by atoms with Crippen LogP contribution in [-0.4, -0.2) is 51.4 Å². The minimum absolute atomic E-state index is 0.00509. The number of nitrogens with zero attached hydrogens (tertiary/aromatic N) is 2. The number of nitrogen functional groups attached to an aromatic ring is 1. The number of halogens is 4. The van der Waals surface area contributed by atoms with Gasteiger partial charge in [-0.2, -0.15) is 13.2 Å². The molecule has 0 bridgehead atoms. The van der Waals surface area contributed by atoms with Crippen LogP contribution in [0.15, 0.2) is 23.2 Å². The minimum atomic E-state index is -4.67. The molecule has 0 saturated carbocycles. The molecular formula is C18H21F4N3O3S. The largest absolute Gasteiger partial charge is 0.465 e. The summed E-state index contributed by atoms with van der Waals surface area (Å²) in [7, 11) is 0. The zero-order chi connectivity index (χ0) is 21.8. The minimum Gasteiger partial charge on any atom is -0.465 e. The molecule has 3 rings (SSSR count). The van der Waals surface area contributed by atoms with Gasteiger partial charge in [0.15, 0.2) is 11.3 Å². The molecule has 1 amide bonds. The molecule has 1 aromatic carbocycles. The van der Waals surface area contributed by atoms with Gasteiger partial charge in [-0.1, -0.05) is 11.8 Å². The van der Waals surface area contributed by atoms with Gasteiger partial charge in [0.2, 0.25) is 0 Å². The van der Waals surface area contributed by atoms with Gasteiger partial charge in [-0.15, -0.1) is 0 Å². The van der Waals surface area contributed by atoms with Gasteiger partial charge in [-0.25, -0.2) is 14.2 Å². The first kappa shape index (κ1) is 21.7. The number of benzene rings is 1. The van der Waals surface area contributed by atoms with Crippen molar-refractivity contribution < 1.29 is 32.2 Å². The first-order valence-corrected chi connectivity index (χ1v) is 9.75. The highest BCUT2D eigenvalue weighted by molar-refractivity contribution is 8.13. The fourth-order valence-electron chi connectivity index (χ4n) is 3.70. The topological polar surface area (TPSA) is 88.2 Å². The zero-order valence-electron chi connectivity index (χ0n) is 16.0. The Balaban J connectivity index is 2.22. The summed E-state index contributed by atoms with van der Waals surface area (Å²) in [6, 6.07) is 3.60. The molecule has 0 aromatic heterocycles. The molecule has 1 aromatic rings. The molecule has 1 saturated heterocycles. The highest BCUT2D eigenvalue weighted by Crippen LogP contribution is 2.52. The number of rotatable bonds is 1. The van der Waals surface area contributed by atoms with Gasteiger partial charge in [0.25, 0.3) is 0 Å². The van der Waals surface area contributed by atoms with Crippen LogP contribution in [0.3, 0.4) is 0 Å². The van der Waals surface area contributed by atoms with Crippen molar-refractivity contribution in [2.75, 3.05) is 18.1 Å². The van der Waals surface area contributed by atoms with Crippen molar-refractivity contribution in [2.45, 2.75) is 44.1 Å². The van der Waals surface area contributed by atoms with Crippen molar-refractivity contribution in [1.29, 1.82) is 0 Å². The third-order valence-electron chi connectivity index (χ3n) is 4.98. The van der Waals surface area contributed by atoms with Crippen LogP contribution in [0, 0.1) is 11.7 Å². The Morgan fingerprint density at radius 2 is 2.03 bits per heavy atom. The van der Waals surface area contributed by atoms with Crippen LogP contribution < -0.4 is 5.73 Å². The van der Waals surface area contributed by atoms with Crippen molar-refractivity contribution in [2.24, 2.45) is 10.9 Å². The van der Waals surface area contributed by atoms with E-state index in [0.29, 0.717) is 0 Å². The number of nitrogens with two attached hydrogens (primary N) is 1. The van der Waals surface area contributed by atoms with Gasteiger partial charge in [0.1, 0.15) is 11.4 Å². The number of carboxylic acid groups (broad SMARTS) is 1. The van der Waals surface area contributed by atoms with Gasteiger partial charge < -0.3 is 15.6 Å². The maximum absolute atomic E-state index is 14.7. The summed E-state index contributed by atoms with van der Waals surface area (Å²) in [6.07, 6.45) is -8.13. The van der Waals surface area contributed by atoms with Crippen LogP contribution in [0.4, 0.5) is 28.0 Å². The molecule has 2 aliphatic heterocycles. The predicted octanol–water partition coefficient (Wildman–Crippen LogP) is 4.06. The van der Waals surface area contributed by atoms with Crippen LogP contribution in [0.25, 0.3) is 0 Å². The summed E-state index contributed by atoms with van der Waals surface area (Å²) in [5.41, 5.74) is 3.13. The van der Waals surface area contributed by atoms with E-state index in [1.165, 1.54) is 12.1 Å². The molecule has 2 heterocycles. The van der Waals surface area contributed by atoms with E-state index in [0.717, 1.165) is 22.7 Å².